The molecule has 1 rings (SSSR count). The Bertz CT molecular complexity index is 289. The summed E-state index contributed by atoms with van der Waals surface area (Å²) in [7, 11) is 0. The lowest BCUT2D eigenvalue weighted by Crippen LogP contribution is -2.09. The largest absolute Gasteiger partial charge is 0.477 e. The van der Waals surface area contributed by atoms with Crippen LogP contribution in [-0.4, -0.2) is 11.6 Å². The van der Waals surface area contributed by atoms with E-state index in [1.54, 1.807) is 6.20 Å². The van der Waals surface area contributed by atoms with Crippen LogP contribution in [0.15, 0.2) is 18.3 Å². The average Bonchev–Trinajstić information content (AvgIpc) is 2.27. The molecule has 0 aromatic carbocycles. The molecule has 1 unspecified atom stereocenters. The van der Waals surface area contributed by atoms with Crippen LogP contribution in [0, 0.1) is 5.92 Å². The summed E-state index contributed by atoms with van der Waals surface area (Å²) in [6.45, 7) is 5.64. The van der Waals surface area contributed by atoms with Crippen LogP contribution in [0.1, 0.15) is 32.3 Å². The molecule has 3 nitrogen and oxygen atoms in total. The third kappa shape index (κ3) is 4.30. The van der Waals surface area contributed by atoms with E-state index in [-0.39, 0.29) is 0 Å². The molecule has 0 spiro atoms. The lowest BCUT2D eigenvalue weighted by atomic mass is 10.1. The second kappa shape index (κ2) is 6.40. The van der Waals surface area contributed by atoms with E-state index < -0.39 is 0 Å². The molecule has 0 saturated carbocycles. The smallest absolute Gasteiger partial charge is 0.213 e. The molecule has 0 aliphatic rings. The van der Waals surface area contributed by atoms with E-state index >= 15 is 0 Å². The van der Waals surface area contributed by atoms with Crippen molar-refractivity contribution in [2.75, 3.05) is 6.61 Å². The molecule has 0 saturated heterocycles. The maximum Gasteiger partial charge on any atom is 0.213 e. The summed E-state index contributed by atoms with van der Waals surface area (Å²) in [6.07, 6.45) is 4.12. The molecule has 1 aromatic rings. The first-order chi connectivity index (χ1) is 7.26. The zero-order valence-electron chi connectivity index (χ0n) is 9.57. The Kier molecular flexibility index (Phi) is 5.12. The van der Waals surface area contributed by atoms with Gasteiger partial charge in [0.2, 0.25) is 5.88 Å². The van der Waals surface area contributed by atoms with Gasteiger partial charge in [-0.05, 0) is 24.0 Å². The van der Waals surface area contributed by atoms with Crippen molar-refractivity contribution < 1.29 is 4.74 Å². The lowest BCUT2D eigenvalue weighted by molar-refractivity contribution is 0.243. The summed E-state index contributed by atoms with van der Waals surface area (Å²) in [6, 6.07) is 3.81. The molecule has 2 N–H and O–H groups in total. The first-order valence-electron chi connectivity index (χ1n) is 5.54. The van der Waals surface area contributed by atoms with E-state index in [9.17, 15) is 0 Å². The van der Waals surface area contributed by atoms with Gasteiger partial charge in [-0.25, -0.2) is 4.98 Å². The quantitative estimate of drug-likeness (QED) is 0.780. The monoisotopic (exact) mass is 208 g/mol. The Labute approximate surface area is 91.7 Å². The highest BCUT2D eigenvalue weighted by Crippen LogP contribution is 2.12. The van der Waals surface area contributed by atoms with Crippen molar-refractivity contribution in [1.29, 1.82) is 0 Å². The van der Waals surface area contributed by atoms with Gasteiger partial charge in [0.15, 0.2) is 0 Å². The van der Waals surface area contributed by atoms with Gasteiger partial charge in [-0.3, -0.25) is 0 Å². The molecule has 0 bridgehead atoms. The Morgan fingerprint density at radius 1 is 1.53 bits per heavy atom. The summed E-state index contributed by atoms with van der Waals surface area (Å²) in [5.41, 5.74) is 6.60. The predicted molar refractivity (Wildman–Crippen MR) is 61.7 cm³/mol. The van der Waals surface area contributed by atoms with Crippen LogP contribution < -0.4 is 10.5 Å². The first kappa shape index (κ1) is 12.0. The van der Waals surface area contributed by atoms with Gasteiger partial charge < -0.3 is 10.5 Å². The van der Waals surface area contributed by atoms with Crippen LogP contribution in [0.4, 0.5) is 0 Å². The van der Waals surface area contributed by atoms with Crippen LogP contribution in [0.3, 0.4) is 0 Å². The van der Waals surface area contributed by atoms with Crippen molar-refractivity contribution in [3.05, 3.63) is 23.9 Å². The van der Waals surface area contributed by atoms with Gasteiger partial charge >= 0.3 is 0 Å². The number of aromatic nitrogens is 1. The molecule has 0 aliphatic carbocycles. The van der Waals surface area contributed by atoms with Crippen LogP contribution >= 0.6 is 0 Å². The van der Waals surface area contributed by atoms with Crippen molar-refractivity contribution in [2.24, 2.45) is 11.7 Å². The minimum absolute atomic E-state index is 0.531. The van der Waals surface area contributed by atoms with Crippen molar-refractivity contribution in [1.82, 2.24) is 4.98 Å². The maximum absolute atomic E-state index is 5.60. The van der Waals surface area contributed by atoms with E-state index in [0.29, 0.717) is 18.3 Å². The summed E-state index contributed by atoms with van der Waals surface area (Å²) in [4.78, 5) is 4.14. The van der Waals surface area contributed by atoms with Gasteiger partial charge in [-0.2, -0.15) is 0 Å². The first-order valence-corrected chi connectivity index (χ1v) is 5.54. The second-order valence-corrected chi connectivity index (χ2v) is 3.91. The van der Waals surface area contributed by atoms with Gasteiger partial charge in [-0.15, -0.1) is 0 Å². The minimum atomic E-state index is 0.531. The molecular formula is C12H20N2O. The summed E-state index contributed by atoms with van der Waals surface area (Å²) < 4.78 is 5.60. The highest BCUT2D eigenvalue weighted by Gasteiger charge is 2.03. The Hall–Kier alpha value is -1.09. The van der Waals surface area contributed by atoms with E-state index in [1.165, 1.54) is 12.8 Å². The van der Waals surface area contributed by atoms with Crippen molar-refractivity contribution in [3.63, 3.8) is 0 Å². The molecule has 3 heteroatoms. The molecular weight excluding hydrogens is 188 g/mol. The third-order valence-corrected chi connectivity index (χ3v) is 2.33. The fourth-order valence-corrected chi connectivity index (χ4v) is 1.46. The Morgan fingerprint density at radius 3 is 3.00 bits per heavy atom. The highest BCUT2D eigenvalue weighted by molar-refractivity contribution is 5.19. The summed E-state index contributed by atoms with van der Waals surface area (Å²) >= 11 is 0. The van der Waals surface area contributed by atoms with Gasteiger partial charge in [0, 0.05) is 18.8 Å². The normalized spacial score (nSPS) is 12.5. The van der Waals surface area contributed by atoms with Gasteiger partial charge in [0.05, 0.1) is 6.61 Å². The molecule has 0 radical (unpaired) electrons. The zero-order valence-corrected chi connectivity index (χ0v) is 9.57. The second-order valence-electron chi connectivity index (χ2n) is 3.91. The maximum atomic E-state index is 5.60. The highest BCUT2D eigenvalue weighted by atomic mass is 16.5. The van der Waals surface area contributed by atoms with Crippen LogP contribution in [0.2, 0.25) is 0 Å². The van der Waals surface area contributed by atoms with Crippen LogP contribution in [0.5, 0.6) is 5.88 Å². The summed E-state index contributed by atoms with van der Waals surface area (Å²) in [5.74, 6) is 1.26. The lowest BCUT2D eigenvalue weighted by Gasteiger charge is -2.11. The van der Waals surface area contributed by atoms with Crippen molar-refractivity contribution >= 4 is 0 Å². The Morgan fingerprint density at radius 2 is 2.33 bits per heavy atom. The van der Waals surface area contributed by atoms with Gasteiger partial charge in [0.25, 0.3) is 0 Å². The van der Waals surface area contributed by atoms with E-state index in [0.717, 1.165) is 12.2 Å². The molecule has 1 heterocycles. The van der Waals surface area contributed by atoms with Gasteiger partial charge in [-0.1, -0.05) is 20.3 Å². The molecule has 0 amide bonds. The Balaban J connectivity index is 2.43. The predicted octanol–water partition coefficient (Wildman–Crippen LogP) is 2.36. The number of hydrogen-bond donors (Lipinski definition) is 1. The SMILES string of the molecule is CCCC(C)COc1cc(CN)ccn1. The zero-order chi connectivity index (χ0) is 11.1. The van der Waals surface area contributed by atoms with Crippen LogP contribution in [-0.2, 0) is 6.54 Å². The van der Waals surface area contributed by atoms with E-state index in [2.05, 4.69) is 18.8 Å². The minimum Gasteiger partial charge on any atom is -0.477 e. The molecule has 1 aromatic heterocycles. The standard InChI is InChI=1S/C12H20N2O/c1-3-4-10(2)9-15-12-7-11(8-13)5-6-14-12/h5-7,10H,3-4,8-9,13H2,1-2H3. The van der Waals surface area contributed by atoms with Crippen LogP contribution in [0.25, 0.3) is 0 Å². The third-order valence-electron chi connectivity index (χ3n) is 2.33. The fourth-order valence-electron chi connectivity index (χ4n) is 1.46. The number of rotatable bonds is 6. The average molecular weight is 208 g/mol. The molecule has 0 aliphatic heterocycles. The number of pyridine rings is 1. The number of nitrogens with two attached hydrogens (primary N) is 1. The molecule has 1 atom stereocenters. The number of hydrogen-bond acceptors (Lipinski definition) is 3. The molecule has 0 fully saturated rings. The van der Waals surface area contributed by atoms with E-state index in [4.69, 9.17) is 10.5 Å². The van der Waals surface area contributed by atoms with Crippen molar-refractivity contribution in [3.8, 4) is 5.88 Å². The number of nitrogens with zero attached hydrogens (tertiary/aromatic N) is 1. The number of ether oxygens (including phenoxy) is 1. The fraction of sp³-hybridized carbons (Fsp3) is 0.583. The van der Waals surface area contributed by atoms with Crippen molar-refractivity contribution in [2.45, 2.75) is 33.2 Å². The summed E-state index contributed by atoms with van der Waals surface area (Å²) in [5, 5.41) is 0. The van der Waals surface area contributed by atoms with Gasteiger partial charge in [0.1, 0.15) is 0 Å². The van der Waals surface area contributed by atoms with E-state index in [1.807, 2.05) is 12.1 Å². The molecule has 84 valence electrons. The molecule has 15 heavy (non-hydrogen) atoms. The topological polar surface area (TPSA) is 48.1 Å².